The molecular formula is C22H22ClFN4O. The molecule has 5 nitrogen and oxygen atoms in total. The Labute approximate surface area is 173 Å². The van der Waals surface area contributed by atoms with Gasteiger partial charge in [-0.3, -0.25) is 4.79 Å². The molecule has 4 rings (SSSR count). The Hall–Kier alpha value is -2.73. The smallest absolute Gasteiger partial charge is 0.223 e. The Morgan fingerprint density at radius 1 is 1.07 bits per heavy atom. The monoisotopic (exact) mass is 412 g/mol. The van der Waals surface area contributed by atoms with Crippen LogP contribution in [0.2, 0.25) is 5.02 Å². The number of halogens is 2. The van der Waals surface area contributed by atoms with Crippen molar-refractivity contribution in [2.45, 2.75) is 25.7 Å². The largest absolute Gasteiger partial charge is 0.368 e. The first-order valence-electron chi connectivity index (χ1n) is 9.85. The number of aromatic nitrogens is 2. The van der Waals surface area contributed by atoms with Gasteiger partial charge in [0.1, 0.15) is 11.6 Å². The van der Waals surface area contributed by atoms with Crippen molar-refractivity contribution in [3.8, 4) is 11.4 Å². The number of amides is 1. The highest BCUT2D eigenvalue weighted by Crippen LogP contribution is 2.27. The molecule has 2 N–H and O–H groups in total. The minimum absolute atomic E-state index is 0.135. The standard InChI is InChI=1S/C22H22ClFN4O/c23-16-7-10-18-19(13-16)27-20(14-5-8-17(24)9-6-14)28-21(18)25-11-12-26-22(29)15-3-1-2-4-15/h5-10,13,15H,1-4,11-12H2,(H,26,29)(H,25,27,28). The summed E-state index contributed by atoms with van der Waals surface area (Å²) < 4.78 is 13.3. The molecule has 7 heteroatoms. The van der Waals surface area contributed by atoms with Gasteiger partial charge in [-0.05, 0) is 55.3 Å². The molecule has 1 fully saturated rings. The molecule has 0 saturated heterocycles. The molecule has 0 aliphatic heterocycles. The van der Waals surface area contributed by atoms with Gasteiger partial charge in [0, 0.05) is 35.0 Å². The summed E-state index contributed by atoms with van der Waals surface area (Å²) in [4.78, 5) is 21.4. The van der Waals surface area contributed by atoms with Crippen molar-refractivity contribution in [1.29, 1.82) is 0 Å². The summed E-state index contributed by atoms with van der Waals surface area (Å²) in [6.07, 6.45) is 4.24. The van der Waals surface area contributed by atoms with Crippen molar-refractivity contribution in [2.24, 2.45) is 5.92 Å². The van der Waals surface area contributed by atoms with E-state index in [-0.39, 0.29) is 17.6 Å². The maximum Gasteiger partial charge on any atom is 0.223 e. The number of hydrogen-bond acceptors (Lipinski definition) is 4. The fourth-order valence-electron chi connectivity index (χ4n) is 3.66. The Bertz CT molecular complexity index is 1020. The summed E-state index contributed by atoms with van der Waals surface area (Å²) in [5.74, 6) is 1.12. The first kappa shape index (κ1) is 19.6. The van der Waals surface area contributed by atoms with Crippen LogP contribution in [0.4, 0.5) is 10.2 Å². The Morgan fingerprint density at radius 3 is 2.59 bits per heavy atom. The summed E-state index contributed by atoms with van der Waals surface area (Å²) in [7, 11) is 0. The van der Waals surface area contributed by atoms with Crippen LogP contribution in [0.25, 0.3) is 22.3 Å². The molecule has 1 aliphatic carbocycles. The number of carbonyl (C=O) groups excluding carboxylic acids is 1. The van der Waals surface area contributed by atoms with Crippen LogP contribution in [-0.2, 0) is 4.79 Å². The molecule has 0 spiro atoms. The topological polar surface area (TPSA) is 66.9 Å². The average Bonchev–Trinajstić information content (AvgIpc) is 3.26. The van der Waals surface area contributed by atoms with Gasteiger partial charge >= 0.3 is 0 Å². The first-order valence-corrected chi connectivity index (χ1v) is 10.2. The number of nitrogens with zero attached hydrogens (tertiary/aromatic N) is 2. The Balaban J connectivity index is 1.52. The molecule has 0 unspecified atom stereocenters. The second-order valence-electron chi connectivity index (χ2n) is 7.26. The van der Waals surface area contributed by atoms with Gasteiger partial charge in [0.2, 0.25) is 5.91 Å². The lowest BCUT2D eigenvalue weighted by atomic mass is 10.1. The van der Waals surface area contributed by atoms with Crippen molar-refractivity contribution < 1.29 is 9.18 Å². The highest BCUT2D eigenvalue weighted by atomic mass is 35.5. The first-order chi connectivity index (χ1) is 14.1. The number of benzene rings is 2. The van der Waals surface area contributed by atoms with Crippen LogP contribution in [0.1, 0.15) is 25.7 Å². The highest BCUT2D eigenvalue weighted by Gasteiger charge is 2.22. The van der Waals surface area contributed by atoms with Crippen molar-refractivity contribution in [2.75, 3.05) is 18.4 Å². The summed E-state index contributed by atoms with van der Waals surface area (Å²) in [5, 5.41) is 7.70. The van der Waals surface area contributed by atoms with E-state index in [2.05, 4.69) is 20.6 Å². The minimum atomic E-state index is -0.311. The third-order valence-electron chi connectivity index (χ3n) is 5.20. The zero-order valence-electron chi connectivity index (χ0n) is 15.9. The van der Waals surface area contributed by atoms with Crippen molar-refractivity contribution in [3.63, 3.8) is 0 Å². The van der Waals surface area contributed by atoms with E-state index in [9.17, 15) is 9.18 Å². The molecule has 150 valence electrons. The van der Waals surface area contributed by atoms with Gasteiger partial charge in [-0.15, -0.1) is 0 Å². The third-order valence-corrected chi connectivity index (χ3v) is 5.44. The summed E-state index contributed by atoms with van der Waals surface area (Å²) >= 11 is 6.14. The molecule has 0 bridgehead atoms. The van der Waals surface area contributed by atoms with Crippen molar-refractivity contribution in [3.05, 3.63) is 53.3 Å². The van der Waals surface area contributed by atoms with E-state index >= 15 is 0 Å². The fourth-order valence-corrected chi connectivity index (χ4v) is 3.83. The number of carbonyl (C=O) groups is 1. The van der Waals surface area contributed by atoms with E-state index in [1.165, 1.54) is 12.1 Å². The van der Waals surface area contributed by atoms with E-state index in [0.717, 1.165) is 31.1 Å². The molecule has 0 atom stereocenters. The number of nitrogens with one attached hydrogen (secondary N) is 2. The van der Waals surface area contributed by atoms with Crippen LogP contribution >= 0.6 is 11.6 Å². The van der Waals surface area contributed by atoms with Gasteiger partial charge in [0.25, 0.3) is 0 Å². The van der Waals surface area contributed by atoms with Crippen LogP contribution in [0, 0.1) is 11.7 Å². The van der Waals surface area contributed by atoms with Gasteiger partial charge in [0.15, 0.2) is 5.82 Å². The lowest BCUT2D eigenvalue weighted by Gasteiger charge is -2.13. The van der Waals surface area contributed by atoms with Crippen LogP contribution < -0.4 is 10.6 Å². The zero-order chi connectivity index (χ0) is 20.2. The number of anilines is 1. The quantitative estimate of drug-likeness (QED) is 0.570. The van der Waals surface area contributed by atoms with E-state index in [1.54, 1.807) is 24.3 Å². The SMILES string of the molecule is O=C(NCCNc1nc(-c2ccc(F)cc2)nc2cc(Cl)ccc12)C1CCCC1. The van der Waals surface area contributed by atoms with Gasteiger partial charge in [0.05, 0.1) is 5.52 Å². The maximum absolute atomic E-state index is 13.3. The second kappa shape index (κ2) is 8.74. The number of fused-ring (bicyclic) bond motifs is 1. The van der Waals surface area contributed by atoms with Crippen molar-refractivity contribution in [1.82, 2.24) is 15.3 Å². The summed E-state index contributed by atoms with van der Waals surface area (Å²) in [5.41, 5.74) is 1.41. The van der Waals surface area contributed by atoms with Gasteiger partial charge in [-0.25, -0.2) is 14.4 Å². The predicted molar refractivity (Wildman–Crippen MR) is 113 cm³/mol. The number of rotatable bonds is 6. The normalized spacial score (nSPS) is 14.3. The van der Waals surface area contributed by atoms with E-state index in [1.807, 2.05) is 6.07 Å². The maximum atomic E-state index is 13.3. The zero-order valence-corrected chi connectivity index (χ0v) is 16.7. The summed E-state index contributed by atoms with van der Waals surface area (Å²) in [6.45, 7) is 1.05. The molecule has 1 amide bonds. The van der Waals surface area contributed by atoms with Gasteiger partial charge in [-0.2, -0.15) is 0 Å². The highest BCUT2D eigenvalue weighted by molar-refractivity contribution is 6.31. The molecular weight excluding hydrogens is 391 g/mol. The lowest BCUT2D eigenvalue weighted by molar-refractivity contribution is -0.124. The molecule has 1 aliphatic rings. The van der Waals surface area contributed by atoms with Crippen LogP contribution in [0.15, 0.2) is 42.5 Å². The Kier molecular flexibility index (Phi) is 5.90. The van der Waals surface area contributed by atoms with Crippen LogP contribution in [0.3, 0.4) is 0 Å². The average molecular weight is 413 g/mol. The summed E-state index contributed by atoms with van der Waals surface area (Å²) in [6, 6.07) is 11.5. The lowest BCUT2D eigenvalue weighted by Crippen LogP contribution is -2.33. The molecule has 0 radical (unpaired) electrons. The van der Waals surface area contributed by atoms with E-state index in [4.69, 9.17) is 11.6 Å². The predicted octanol–water partition coefficient (Wildman–Crippen LogP) is 4.81. The second-order valence-corrected chi connectivity index (χ2v) is 7.70. The van der Waals surface area contributed by atoms with Gasteiger partial charge in [-0.1, -0.05) is 24.4 Å². The van der Waals surface area contributed by atoms with Gasteiger partial charge < -0.3 is 10.6 Å². The minimum Gasteiger partial charge on any atom is -0.368 e. The van der Waals surface area contributed by atoms with Crippen LogP contribution in [-0.4, -0.2) is 29.0 Å². The third kappa shape index (κ3) is 4.65. The molecule has 1 saturated carbocycles. The van der Waals surface area contributed by atoms with E-state index in [0.29, 0.717) is 40.8 Å². The van der Waals surface area contributed by atoms with E-state index < -0.39 is 0 Å². The van der Waals surface area contributed by atoms with Crippen molar-refractivity contribution >= 4 is 34.2 Å². The molecule has 2 aromatic carbocycles. The molecule has 1 aromatic heterocycles. The fraction of sp³-hybridized carbons (Fsp3) is 0.318. The molecule has 3 aromatic rings. The van der Waals surface area contributed by atoms with Crippen LogP contribution in [0.5, 0.6) is 0 Å². The number of hydrogen-bond donors (Lipinski definition) is 2. The molecule has 29 heavy (non-hydrogen) atoms. The molecule has 1 heterocycles. The Morgan fingerprint density at radius 2 is 1.83 bits per heavy atom.